The molecule has 0 heterocycles. The van der Waals surface area contributed by atoms with Crippen LogP contribution in [0.5, 0.6) is 5.75 Å². The molecule has 3 aromatic rings. The zero-order chi connectivity index (χ0) is 22.6. The van der Waals surface area contributed by atoms with Crippen molar-refractivity contribution in [1.29, 1.82) is 0 Å². The number of carbonyl (C=O) groups is 1. The summed E-state index contributed by atoms with van der Waals surface area (Å²) in [6.45, 7) is -2.95. The molecule has 0 fully saturated rings. The summed E-state index contributed by atoms with van der Waals surface area (Å²) in [5.74, 6) is -1.29. The highest BCUT2D eigenvalue weighted by Crippen LogP contribution is 2.23. The average Bonchev–Trinajstić information content (AvgIpc) is 2.71. The fraction of sp³-hybridized carbons (Fsp3) is 0.0500. The minimum Gasteiger partial charge on any atom is -0.435 e. The van der Waals surface area contributed by atoms with E-state index in [0.717, 1.165) is 18.2 Å². The van der Waals surface area contributed by atoms with Gasteiger partial charge in [-0.3, -0.25) is 9.52 Å². The Morgan fingerprint density at radius 2 is 1.55 bits per heavy atom. The molecular weight excluding hydrogens is 457 g/mol. The van der Waals surface area contributed by atoms with E-state index in [-0.39, 0.29) is 26.9 Å². The topological polar surface area (TPSA) is 84.5 Å². The highest BCUT2D eigenvalue weighted by molar-refractivity contribution is 7.92. The minimum absolute atomic E-state index is 0.0490. The molecule has 0 aliphatic heterocycles. The van der Waals surface area contributed by atoms with Crippen LogP contribution in [0.2, 0.25) is 5.02 Å². The maximum Gasteiger partial charge on any atom is 0.387 e. The number of halogens is 4. The Morgan fingerprint density at radius 3 is 2.13 bits per heavy atom. The maximum atomic E-state index is 13.2. The van der Waals surface area contributed by atoms with Gasteiger partial charge in [0.2, 0.25) is 0 Å². The van der Waals surface area contributed by atoms with Crippen LogP contribution < -0.4 is 14.8 Å². The quantitative estimate of drug-likeness (QED) is 0.501. The monoisotopic (exact) mass is 470 g/mol. The van der Waals surface area contributed by atoms with Gasteiger partial charge < -0.3 is 10.1 Å². The first kappa shape index (κ1) is 22.4. The molecule has 3 aromatic carbocycles. The molecule has 0 aromatic heterocycles. The molecule has 0 saturated carbocycles. The SMILES string of the molecule is O=C(Nc1ccc(OC(F)F)cc1)c1ccc(NS(=O)(=O)c2ccc(F)c(Cl)c2)cc1. The second-order valence-electron chi connectivity index (χ2n) is 6.12. The Morgan fingerprint density at radius 1 is 0.935 bits per heavy atom. The van der Waals surface area contributed by atoms with Gasteiger partial charge in [0.15, 0.2) is 0 Å². The number of alkyl halides is 2. The standard InChI is InChI=1S/C20H14ClF3N2O4S/c21-17-11-16(9-10-18(17)22)31(28,29)26-14-3-1-12(2-4-14)19(27)25-13-5-7-15(8-6-13)30-20(23)24/h1-11,20,26H,(H,25,27). The van der Waals surface area contributed by atoms with Crippen molar-refractivity contribution in [2.45, 2.75) is 11.5 Å². The number of anilines is 2. The number of hydrogen-bond acceptors (Lipinski definition) is 4. The van der Waals surface area contributed by atoms with Crippen molar-refractivity contribution in [2.24, 2.45) is 0 Å². The third-order valence-corrected chi connectivity index (χ3v) is 5.61. The van der Waals surface area contributed by atoms with Crippen LogP contribution >= 0.6 is 11.6 Å². The molecule has 0 aliphatic rings. The smallest absolute Gasteiger partial charge is 0.387 e. The zero-order valence-corrected chi connectivity index (χ0v) is 17.1. The second-order valence-corrected chi connectivity index (χ2v) is 8.21. The van der Waals surface area contributed by atoms with Crippen molar-refractivity contribution in [3.63, 3.8) is 0 Å². The number of rotatable bonds is 7. The van der Waals surface area contributed by atoms with Crippen molar-refractivity contribution >= 4 is 38.9 Å². The normalized spacial score (nSPS) is 11.3. The van der Waals surface area contributed by atoms with Crippen LogP contribution in [0, 0.1) is 5.82 Å². The van der Waals surface area contributed by atoms with E-state index in [0.29, 0.717) is 5.69 Å². The Labute approximate surface area is 180 Å². The highest BCUT2D eigenvalue weighted by atomic mass is 35.5. The van der Waals surface area contributed by atoms with Crippen LogP contribution in [0.15, 0.2) is 71.6 Å². The van der Waals surface area contributed by atoms with Gasteiger partial charge in [0.25, 0.3) is 15.9 Å². The van der Waals surface area contributed by atoms with Crippen LogP contribution in [0.3, 0.4) is 0 Å². The number of benzene rings is 3. The molecular formula is C20H14ClF3N2O4S. The number of ether oxygens (including phenoxy) is 1. The second kappa shape index (κ2) is 9.27. The minimum atomic E-state index is -4.01. The van der Waals surface area contributed by atoms with E-state index in [1.807, 2.05) is 0 Å². The van der Waals surface area contributed by atoms with Crippen molar-refractivity contribution in [1.82, 2.24) is 0 Å². The molecule has 0 atom stereocenters. The van der Waals surface area contributed by atoms with E-state index >= 15 is 0 Å². The average molecular weight is 471 g/mol. The van der Waals surface area contributed by atoms with E-state index in [4.69, 9.17) is 11.6 Å². The molecule has 3 rings (SSSR count). The van der Waals surface area contributed by atoms with E-state index in [2.05, 4.69) is 14.8 Å². The summed E-state index contributed by atoms with van der Waals surface area (Å²) in [5, 5.41) is 2.24. The lowest BCUT2D eigenvalue weighted by molar-refractivity contribution is -0.0498. The molecule has 0 aliphatic carbocycles. The Bertz CT molecular complexity index is 1190. The third kappa shape index (κ3) is 5.89. The summed E-state index contributed by atoms with van der Waals surface area (Å²) >= 11 is 5.62. The summed E-state index contributed by atoms with van der Waals surface area (Å²) in [5.41, 5.74) is 0.746. The van der Waals surface area contributed by atoms with Gasteiger partial charge >= 0.3 is 6.61 Å². The van der Waals surface area contributed by atoms with Gasteiger partial charge in [0.05, 0.1) is 9.92 Å². The summed E-state index contributed by atoms with van der Waals surface area (Å²) in [6.07, 6.45) is 0. The molecule has 0 saturated heterocycles. The van der Waals surface area contributed by atoms with Gasteiger partial charge in [-0.2, -0.15) is 8.78 Å². The largest absolute Gasteiger partial charge is 0.435 e. The summed E-state index contributed by atoms with van der Waals surface area (Å²) in [4.78, 5) is 12.1. The summed E-state index contributed by atoms with van der Waals surface area (Å²) in [6, 6.07) is 13.9. The van der Waals surface area contributed by atoms with Crippen LogP contribution in [0.4, 0.5) is 24.5 Å². The van der Waals surface area contributed by atoms with Gasteiger partial charge in [-0.25, -0.2) is 12.8 Å². The molecule has 1 amide bonds. The molecule has 0 unspecified atom stereocenters. The number of hydrogen-bond donors (Lipinski definition) is 2. The van der Waals surface area contributed by atoms with Gasteiger partial charge in [0.1, 0.15) is 11.6 Å². The van der Waals surface area contributed by atoms with Crippen LogP contribution in [0.25, 0.3) is 0 Å². The Kier molecular flexibility index (Phi) is 6.71. The molecule has 0 bridgehead atoms. The van der Waals surface area contributed by atoms with Crippen molar-refractivity contribution in [2.75, 3.05) is 10.0 Å². The highest BCUT2D eigenvalue weighted by Gasteiger charge is 2.16. The van der Waals surface area contributed by atoms with E-state index in [9.17, 15) is 26.4 Å². The lowest BCUT2D eigenvalue weighted by Crippen LogP contribution is -2.14. The molecule has 6 nitrogen and oxygen atoms in total. The summed E-state index contributed by atoms with van der Waals surface area (Å²) < 4.78 is 68.9. The van der Waals surface area contributed by atoms with Gasteiger partial charge in [-0.15, -0.1) is 0 Å². The first-order chi connectivity index (χ1) is 14.6. The number of amides is 1. The Hall–Kier alpha value is -3.24. The van der Waals surface area contributed by atoms with E-state index in [1.54, 1.807) is 0 Å². The van der Waals surface area contributed by atoms with Crippen LogP contribution in [-0.2, 0) is 10.0 Å². The first-order valence-corrected chi connectivity index (χ1v) is 10.4. The van der Waals surface area contributed by atoms with Crippen LogP contribution in [-0.4, -0.2) is 20.9 Å². The first-order valence-electron chi connectivity index (χ1n) is 8.58. The summed E-state index contributed by atoms with van der Waals surface area (Å²) in [7, 11) is -4.01. The predicted octanol–water partition coefficient (Wildman–Crippen LogP) is 5.13. The number of nitrogens with one attached hydrogen (secondary N) is 2. The lowest BCUT2D eigenvalue weighted by Gasteiger charge is -2.10. The number of carbonyl (C=O) groups excluding carboxylic acids is 1. The molecule has 162 valence electrons. The molecule has 11 heteroatoms. The van der Waals surface area contributed by atoms with Gasteiger partial charge in [0, 0.05) is 16.9 Å². The molecule has 0 spiro atoms. The van der Waals surface area contributed by atoms with E-state index < -0.39 is 28.4 Å². The van der Waals surface area contributed by atoms with Crippen LogP contribution in [0.1, 0.15) is 10.4 Å². The van der Waals surface area contributed by atoms with Crippen molar-refractivity contribution in [3.05, 3.63) is 83.1 Å². The Balaban J connectivity index is 1.66. The lowest BCUT2D eigenvalue weighted by atomic mass is 10.2. The number of sulfonamides is 1. The molecule has 31 heavy (non-hydrogen) atoms. The van der Waals surface area contributed by atoms with E-state index in [1.165, 1.54) is 48.5 Å². The molecule has 2 N–H and O–H groups in total. The fourth-order valence-electron chi connectivity index (χ4n) is 2.47. The maximum absolute atomic E-state index is 13.2. The van der Waals surface area contributed by atoms with Gasteiger partial charge in [-0.1, -0.05) is 11.6 Å². The zero-order valence-electron chi connectivity index (χ0n) is 15.5. The third-order valence-electron chi connectivity index (χ3n) is 3.94. The van der Waals surface area contributed by atoms with Gasteiger partial charge in [-0.05, 0) is 66.7 Å². The van der Waals surface area contributed by atoms with Crippen molar-refractivity contribution < 1.29 is 31.1 Å². The predicted molar refractivity (Wildman–Crippen MR) is 110 cm³/mol. The molecule has 0 radical (unpaired) electrons. The fourth-order valence-corrected chi connectivity index (χ4v) is 3.80. The van der Waals surface area contributed by atoms with Crippen molar-refractivity contribution in [3.8, 4) is 5.75 Å².